The number of likely N-dealkylation sites (N-methyl/N-ethyl adjacent to an activating group) is 1. The molecule has 1 N–H and O–H groups in total. The molecule has 19 heavy (non-hydrogen) atoms. The van der Waals surface area contributed by atoms with E-state index < -0.39 is 0 Å². The molecule has 1 heterocycles. The summed E-state index contributed by atoms with van der Waals surface area (Å²) in [6.45, 7) is 7.38. The molecule has 1 atom stereocenters. The largest absolute Gasteiger partial charge is 0.312 e. The first-order valence-corrected chi connectivity index (χ1v) is 8.31. The molecule has 0 aromatic rings. The van der Waals surface area contributed by atoms with E-state index in [1.807, 2.05) is 0 Å². The smallest absolute Gasteiger partial charge is 0.0217 e. The average molecular weight is 267 g/mol. The van der Waals surface area contributed by atoms with Gasteiger partial charge >= 0.3 is 0 Å². The van der Waals surface area contributed by atoms with Gasteiger partial charge in [-0.25, -0.2) is 0 Å². The van der Waals surface area contributed by atoms with E-state index in [9.17, 15) is 0 Å². The Labute approximate surface area is 119 Å². The second-order valence-electron chi connectivity index (χ2n) is 6.81. The van der Waals surface area contributed by atoms with Crippen molar-refractivity contribution >= 4 is 0 Å². The minimum Gasteiger partial charge on any atom is -0.312 e. The van der Waals surface area contributed by atoms with Crippen molar-refractivity contribution in [3.8, 4) is 0 Å². The summed E-state index contributed by atoms with van der Waals surface area (Å²) in [7, 11) is 4.59. The van der Waals surface area contributed by atoms with Crippen LogP contribution in [0.5, 0.6) is 0 Å². The first-order valence-electron chi connectivity index (χ1n) is 8.31. The molecule has 0 aromatic carbocycles. The molecule has 2 fully saturated rings. The molecule has 3 heteroatoms. The van der Waals surface area contributed by atoms with E-state index in [2.05, 4.69) is 36.1 Å². The fourth-order valence-electron chi connectivity index (χ4n) is 3.20. The highest BCUT2D eigenvalue weighted by Gasteiger charge is 2.25. The third-order valence-electron chi connectivity index (χ3n) is 4.85. The van der Waals surface area contributed by atoms with Gasteiger partial charge in [-0.15, -0.1) is 0 Å². The van der Waals surface area contributed by atoms with E-state index in [1.165, 1.54) is 64.7 Å². The lowest BCUT2D eigenvalue weighted by molar-refractivity contribution is 0.143. The molecule has 112 valence electrons. The summed E-state index contributed by atoms with van der Waals surface area (Å²) in [5.41, 5.74) is 0. The minimum absolute atomic E-state index is 0.741. The molecular weight excluding hydrogens is 234 g/mol. The van der Waals surface area contributed by atoms with Gasteiger partial charge in [0.2, 0.25) is 0 Å². The van der Waals surface area contributed by atoms with Gasteiger partial charge in [0.1, 0.15) is 0 Å². The van der Waals surface area contributed by atoms with Crippen LogP contribution in [0, 0.1) is 5.92 Å². The summed E-state index contributed by atoms with van der Waals surface area (Å²) < 4.78 is 0. The lowest BCUT2D eigenvalue weighted by Crippen LogP contribution is -2.44. The maximum atomic E-state index is 3.72. The Bertz CT molecular complexity index is 244. The Morgan fingerprint density at radius 1 is 1.21 bits per heavy atom. The van der Waals surface area contributed by atoms with Gasteiger partial charge in [0, 0.05) is 25.2 Å². The number of hydrogen-bond donors (Lipinski definition) is 1. The van der Waals surface area contributed by atoms with Gasteiger partial charge in [0.25, 0.3) is 0 Å². The Kier molecular flexibility index (Phi) is 6.11. The van der Waals surface area contributed by atoms with Gasteiger partial charge in [-0.2, -0.15) is 0 Å². The van der Waals surface area contributed by atoms with Crippen molar-refractivity contribution in [3.63, 3.8) is 0 Å². The molecule has 1 aliphatic heterocycles. The van der Waals surface area contributed by atoms with E-state index >= 15 is 0 Å². The van der Waals surface area contributed by atoms with Crippen LogP contribution in [0.3, 0.4) is 0 Å². The molecule has 0 radical (unpaired) electrons. The van der Waals surface area contributed by atoms with Gasteiger partial charge in [-0.1, -0.05) is 13.3 Å². The quantitative estimate of drug-likeness (QED) is 0.727. The lowest BCUT2D eigenvalue weighted by atomic mass is 9.96. The second kappa shape index (κ2) is 7.61. The van der Waals surface area contributed by atoms with Crippen molar-refractivity contribution < 1.29 is 0 Å². The Balaban J connectivity index is 1.71. The van der Waals surface area contributed by atoms with Crippen LogP contribution < -0.4 is 5.32 Å². The molecule has 2 aliphatic rings. The molecule has 0 bridgehead atoms. The number of hydrogen-bond acceptors (Lipinski definition) is 3. The van der Waals surface area contributed by atoms with E-state index in [-0.39, 0.29) is 0 Å². The standard InChI is InChI=1S/C16H33N3/c1-4-5-16(12-17-15-6-7-15)19(3)13-14-8-10-18(2)11-9-14/h14-17H,4-13H2,1-3H3. The monoisotopic (exact) mass is 267 g/mol. The van der Waals surface area contributed by atoms with Crippen LogP contribution in [0.25, 0.3) is 0 Å². The molecule has 0 spiro atoms. The molecule has 0 amide bonds. The second-order valence-corrected chi connectivity index (χ2v) is 6.81. The Morgan fingerprint density at radius 3 is 2.47 bits per heavy atom. The molecule has 1 saturated heterocycles. The Morgan fingerprint density at radius 2 is 1.89 bits per heavy atom. The highest BCUT2D eigenvalue weighted by molar-refractivity contribution is 4.84. The molecule has 2 rings (SSSR count). The predicted molar refractivity (Wildman–Crippen MR) is 82.6 cm³/mol. The van der Waals surface area contributed by atoms with Gasteiger partial charge < -0.3 is 15.1 Å². The SMILES string of the molecule is CCCC(CNC1CC1)N(C)CC1CCN(C)CC1. The number of nitrogens with one attached hydrogen (secondary N) is 1. The van der Waals surface area contributed by atoms with Crippen molar-refractivity contribution in [3.05, 3.63) is 0 Å². The summed E-state index contributed by atoms with van der Waals surface area (Å²) in [5, 5.41) is 3.72. The molecule has 1 unspecified atom stereocenters. The third kappa shape index (κ3) is 5.41. The normalized spacial score (nSPS) is 24.0. The number of likely N-dealkylation sites (tertiary alicyclic amines) is 1. The fourth-order valence-corrected chi connectivity index (χ4v) is 3.20. The topological polar surface area (TPSA) is 18.5 Å². The van der Waals surface area contributed by atoms with E-state index in [0.29, 0.717) is 0 Å². The fraction of sp³-hybridized carbons (Fsp3) is 1.00. The van der Waals surface area contributed by atoms with Crippen molar-refractivity contribution in [2.75, 3.05) is 40.3 Å². The van der Waals surface area contributed by atoms with Crippen LogP contribution >= 0.6 is 0 Å². The predicted octanol–water partition coefficient (Wildman–Crippen LogP) is 2.18. The van der Waals surface area contributed by atoms with Crippen molar-refractivity contribution in [2.45, 2.75) is 57.5 Å². The van der Waals surface area contributed by atoms with Gasteiger partial charge in [-0.05, 0) is 65.2 Å². The maximum absolute atomic E-state index is 3.72. The summed E-state index contributed by atoms with van der Waals surface area (Å²) in [5.74, 6) is 0.918. The van der Waals surface area contributed by atoms with Crippen molar-refractivity contribution in [1.82, 2.24) is 15.1 Å². The lowest BCUT2D eigenvalue weighted by Gasteiger charge is -2.35. The first kappa shape index (κ1) is 15.3. The molecule has 3 nitrogen and oxygen atoms in total. The van der Waals surface area contributed by atoms with Crippen LogP contribution in [0.1, 0.15) is 45.4 Å². The third-order valence-corrected chi connectivity index (χ3v) is 4.85. The highest BCUT2D eigenvalue weighted by Crippen LogP contribution is 2.21. The molecule has 0 aromatic heterocycles. The van der Waals surface area contributed by atoms with Crippen LogP contribution in [-0.4, -0.2) is 62.2 Å². The number of piperidine rings is 1. The molecular formula is C16H33N3. The highest BCUT2D eigenvalue weighted by atomic mass is 15.2. The van der Waals surface area contributed by atoms with E-state index in [1.54, 1.807) is 0 Å². The average Bonchev–Trinajstić information content (AvgIpc) is 3.21. The summed E-state index contributed by atoms with van der Waals surface area (Å²) in [6.07, 6.45) is 8.21. The summed E-state index contributed by atoms with van der Waals surface area (Å²) in [6, 6.07) is 1.58. The number of rotatable bonds is 8. The van der Waals surface area contributed by atoms with E-state index in [4.69, 9.17) is 0 Å². The van der Waals surface area contributed by atoms with Crippen molar-refractivity contribution in [2.24, 2.45) is 5.92 Å². The zero-order valence-corrected chi connectivity index (χ0v) is 13.2. The maximum Gasteiger partial charge on any atom is 0.0217 e. The van der Waals surface area contributed by atoms with Crippen LogP contribution in [0.15, 0.2) is 0 Å². The van der Waals surface area contributed by atoms with Crippen LogP contribution in [0.2, 0.25) is 0 Å². The molecule has 1 saturated carbocycles. The summed E-state index contributed by atoms with van der Waals surface area (Å²) >= 11 is 0. The first-order chi connectivity index (χ1) is 9.19. The van der Waals surface area contributed by atoms with Crippen LogP contribution in [-0.2, 0) is 0 Å². The van der Waals surface area contributed by atoms with Gasteiger partial charge in [0.05, 0.1) is 0 Å². The van der Waals surface area contributed by atoms with Gasteiger partial charge in [-0.3, -0.25) is 0 Å². The number of nitrogens with zero attached hydrogens (tertiary/aromatic N) is 2. The van der Waals surface area contributed by atoms with Crippen molar-refractivity contribution in [1.29, 1.82) is 0 Å². The van der Waals surface area contributed by atoms with Gasteiger partial charge in [0.15, 0.2) is 0 Å². The zero-order valence-electron chi connectivity index (χ0n) is 13.2. The van der Waals surface area contributed by atoms with E-state index in [0.717, 1.165) is 18.0 Å². The molecule has 1 aliphatic carbocycles. The Hall–Kier alpha value is -0.120. The van der Waals surface area contributed by atoms with Crippen LogP contribution in [0.4, 0.5) is 0 Å². The summed E-state index contributed by atoms with van der Waals surface area (Å²) in [4.78, 5) is 5.10. The zero-order chi connectivity index (χ0) is 13.7. The minimum atomic E-state index is 0.741.